The van der Waals surface area contributed by atoms with Gasteiger partial charge >= 0.3 is 0 Å². The van der Waals surface area contributed by atoms with Crippen LogP contribution in [0.4, 0.5) is 5.69 Å². The molecule has 156 valence electrons. The highest BCUT2D eigenvalue weighted by Gasteiger charge is 2.33. The summed E-state index contributed by atoms with van der Waals surface area (Å²) >= 11 is 20.1. The van der Waals surface area contributed by atoms with Gasteiger partial charge in [-0.2, -0.15) is 0 Å². The lowest BCUT2D eigenvalue weighted by molar-refractivity contribution is -0.113. The number of nitrogens with zero attached hydrogens (tertiary/aromatic N) is 1. The Morgan fingerprint density at radius 2 is 1.77 bits per heavy atom. The summed E-state index contributed by atoms with van der Waals surface area (Å²) in [6.07, 6.45) is 1.79. The molecule has 0 aliphatic carbocycles. The number of halogens is 3. The molecule has 31 heavy (non-hydrogen) atoms. The van der Waals surface area contributed by atoms with E-state index in [0.717, 1.165) is 21.3 Å². The molecule has 1 aliphatic heterocycles. The average molecular weight is 596 g/mol. The standard InChI is InChI=1S/C23H14Br2ClNO2S2/c24-16-8-6-14(7-9-16)13-29-21-18(25)10-15(11-19(21)26)12-20-22(28)27(23(30)31-20)17-4-2-1-3-5-17/h1-12H,13H2/b20-12+. The van der Waals surface area contributed by atoms with Crippen LogP contribution in [0.2, 0.25) is 5.02 Å². The lowest BCUT2D eigenvalue weighted by atomic mass is 10.2. The van der Waals surface area contributed by atoms with Crippen molar-refractivity contribution >= 4 is 89.4 Å². The topological polar surface area (TPSA) is 29.5 Å². The van der Waals surface area contributed by atoms with Crippen molar-refractivity contribution in [3.05, 3.63) is 96.7 Å². The predicted octanol–water partition coefficient (Wildman–Crippen LogP) is 7.85. The monoisotopic (exact) mass is 593 g/mol. The van der Waals surface area contributed by atoms with Crippen LogP contribution in [0.3, 0.4) is 0 Å². The number of thiocarbonyl (C=S) groups is 1. The highest BCUT2D eigenvalue weighted by Crippen LogP contribution is 2.39. The third-order valence-electron chi connectivity index (χ3n) is 4.42. The second kappa shape index (κ2) is 9.88. The first-order valence-corrected chi connectivity index (χ1v) is 12.3. The lowest BCUT2D eigenvalue weighted by Gasteiger charge is -2.14. The van der Waals surface area contributed by atoms with Crippen molar-refractivity contribution in [2.75, 3.05) is 4.90 Å². The highest BCUT2D eigenvalue weighted by molar-refractivity contribution is 9.10. The van der Waals surface area contributed by atoms with Gasteiger partial charge in [-0.1, -0.05) is 81.8 Å². The van der Waals surface area contributed by atoms with Crippen molar-refractivity contribution in [1.82, 2.24) is 0 Å². The van der Waals surface area contributed by atoms with Crippen molar-refractivity contribution in [1.29, 1.82) is 0 Å². The molecule has 0 bridgehead atoms. The quantitative estimate of drug-likeness (QED) is 0.222. The molecule has 1 saturated heterocycles. The van der Waals surface area contributed by atoms with Gasteiger partial charge in [-0.05, 0) is 69.5 Å². The summed E-state index contributed by atoms with van der Waals surface area (Å²) in [6, 6.07) is 20.9. The van der Waals surface area contributed by atoms with Crippen LogP contribution in [-0.4, -0.2) is 10.2 Å². The van der Waals surface area contributed by atoms with E-state index in [-0.39, 0.29) is 5.91 Å². The first kappa shape index (κ1) is 22.6. The third-order valence-corrected chi connectivity index (χ3v) is 7.12. The number of carbonyl (C=O) groups is 1. The number of para-hydroxylation sites is 1. The maximum Gasteiger partial charge on any atom is 0.270 e. The molecule has 1 heterocycles. The number of rotatable bonds is 5. The number of ether oxygens (including phenoxy) is 1. The molecular formula is C23H14Br2ClNO2S2. The van der Waals surface area contributed by atoms with Gasteiger partial charge in [0.15, 0.2) is 10.1 Å². The molecule has 0 saturated carbocycles. The van der Waals surface area contributed by atoms with Crippen LogP contribution in [0.5, 0.6) is 5.75 Å². The molecule has 0 atom stereocenters. The molecule has 0 N–H and O–H groups in total. The van der Waals surface area contributed by atoms with Crippen LogP contribution in [0.25, 0.3) is 6.08 Å². The zero-order chi connectivity index (χ0) is 22.0. The first-order valence-electron chi connectivity index (χ1n) is 9.11. The van der Waals surface area contributed by atoms with E-state index in [0.29, 0.717) is 31.1 Å². The summed E-state index contributed by atoms with van der Waals surface area (Å²) in [5, 5.41) is 0.455. The van der Waals surface area contributed by atoms with Gasteiger partial charge in [0.25, 0.3) is 5.91 Å². The van der Waals surface area contributed by atoms with Crippen molar-refractivity contribution in [2.45, 2.75) is 6.61 Å². The summed E-state index contributed by atoms with van der Waals surface area (Å²) in [5.41, 5.74) is 2.56. The molecule has 3 aromatic rings. The maximum atomic E-state index is 12.9. The van der Waals surface area contributed by atoms with Crippen molar-refractivity contribution < 1.29 is 9.53 Å². The van der Waals surface area contributed by atoms with Crippen molar-refractivity contribution in [2.24, 2.45) is 0 Å². The minimum Gasteiger partial charge on any atom is -0.486 e. The molecule has 0 radical (unpaired) electrons. The summed E-state index contributed by atoms with van der Waals surface area (Å²) < 4.78 is 8.14. The summed E-state index contributed by atoms with van der Waals surface area (Å²) in [4.78, 5) is 15.0. The Morgan fingerprint density at radius 1 is 1.06 bits per heavy atom. The van der Waals surface area contributed by atoms with E-state index >= 15 is 0 Å². The SMILES string of the molecule is O=C1/C(=C\c2cc(Cl)c(OCc3ccc(Br)cc3)c(Br)c2)SC(=S)N1c1ccccc1. The number of carbonyl (C=O) groups excluding carboxylic acids is 1. The number of benzene rings is 3. The van der Waals surface area contributed by atoms with Gasteiger partial charge in [0, 0.05) is 4.47 Å². The number of thioether (sulfide) groups is 1. The summed E-state index contributed by atoms with van der Waals surface area (Å²) in [5.74, 6) is 0.405. The van der Waals surface area contributed by atoms with E-state index in [1.165, 1.54) is 16.7 Å². The van der Waals surface area contributed by atoms with Gasteiger partial charge in [-0.15, -0.1) is 0 Å². The normalized spacial score (nSPS) is 15.1. The number of amides is 1. The minimum atomic E-state index is -0.149. The molecule has 1 fully saturated rings. The Bertz CT molecular complexity index is 1160. The van der Waals surface area contributed by atoms with Crippen molar-refractivity contribution in [3.8, 4) is 5.75 Å². The molecule has 3 nitrogen and oxygen atoms in total. The molecule has 0 unspecified atom stereocenters. The van der Waals surface area contributed by atoms with Crippen LogP contribution >= 0.6 is 67.4 Å². The molecule has 8 heteroatoms. The predicted molar refractivity (Wildman–Crippen MR) is 140 cm³/mol. The second-order valence-electron chi connectivity index (χ2n) is 6.58. The van der Waals surface area contributed by atoms with E-state index in [2.05, 4.69) is 31.9 Å². The van der Waals surface area contributed by atoms with Crippen molar-refractivity contribution in [3.63, 3.8) is 0 Å². The second-order valence-corrected chi connectivity index (χ2v) is 10.4. The first-order chi connectivity index (χ1) is 14.9. The molecule has 1 amide bonds. The zero-order valence-corrected chi connectivity index (χ0v) is 21.4. The van der Waals surface area contributed by atoms with Gasteiger partial charge in [-0.25, -0.2) is 0 Å². The molecule has 1 aliphatic rings. The number of hydrogen-bond acceptors (Lipinski definition) is 4. The Kier molecular flexibility index (Phi) is 7.19. The van der Waals surface area contributed by atoms with E-state index in [9.17, 15) is 4.79 Å². The summed E-state index contributed by atoms with van der Waals surface area (Å²) in [6.45, 7) is 0.390. The minimum absolute atomic E-state index is 0.149. The Hall–Kier alpha value is -1.64. The fraction of sp³-hybridized carbons (Fsp3) is 0.0435. The zero-order valence-electron chi connectivity index (χ0n) is 15.8. The Balaban J connectivity index is 1.54. The maximum absolute atomic E-state index is 12.9. The average Bonchev–Trinajstić information content (AvgIpc) is 3.02. The van der Waals surface area contributed by atoms with Crippen LogP contribution in [0.15, 0.2) is 80.6 Å². The fourth-order valence-electron chi connectivity index (χ4n) is 2.96. The Labute approximate surface area is 211 Å². The van der Waals surface area contributed by atoms with E-state index in [1.807, 2.05) is 60.7 Å². The lowest BCUT2D eigenvalue weighted by Crippen LogP contribution is -2.27. The van der Waals surface area contributed by atoms with Crippen LogP contribution in [0, 0.1) is 0 Å². The molecule has 0 aromatic heterocycles. The van der Waals surface area contributed by atoms with Gasteiger partial charge in [-0.3, -0.25) is 9.69 Å². The van der Waals surface area contributed by atoms with Crippen LogP contribution < -0.4 is 9.64 Å². The fourth-order valence-corrected chi connectivity index (χ4v) is 5.51. The van der Waals surface area contributed by atoms with Gasteiger partial charge in [0.1, 0.15) is 6.61 Å². The third kappa shape index (κ3) is 5.23. The summed E-state index contributed by atoms with van der Waals surface area (Å²) in [7, 11) is 0. The van der Waals surface area contributed by atoms with Gasteiger partial charge < -0.3 is 4.74 Å². The largest absolute Gasteiger partial charge is 0.486 e. The Morgan fingerprint density at radius 3 is 2.45 bits per heavy atom. The van der Waals surface area contributed by atoms with Crippen LogP contribution in [-0.2, 0) is 11.4 Å². The molecule has 0 spiro atoms. The molecular weight excluding hydrogens is 582 g/mol. The van der Waals surface area contributed by atoms with E-state index < -0.39 is 0 Å². The van der Waals surface area contributed by atoms with Gasteiger partial charge in [0.05, 0.1) is 20.1 Å². The number of anilines is 1. The van der Waals surface area contributed by atoms with E-state index in [4.69, 9.17) is 28.6 Å². The van der Waals surface area contributed by atoms with Gasteiger partial charge in [0.2, 0.25) is 0 Å². The highest BCUT2D eigenvalue weighted by atomic mass is 79.9. The molecule has 4 rings (SSSR count). The molecule has 3 aromatic carbocycles. The smallest absolute Gasteiger partial charge is 0.270 e. The number of hydrogen-bond donors (Lipinski definition) is 0. The van der Waals surface area contributed by atoms with E-state index in [1.54, 1.807) is 12.1 Å². The van der Waals surface area contributed by atoms with Crippen LogP contribution in [0.1, 0.15) is 11.1 Å².